The van der Waals surface area contributed by atoms with Crippen LogP contribution in [0.3, 0.4) is 0 Å². The van der Waals surface area contributed by atoms with E-state index in [1.54, 1.807) is 13.8 Å². The monoisotopic (exact) mass is 473 g/mol. The maximum absolute atomic E-state index is 13.0. The predicted molar refractivity (Wildman–Crippen MR) is 108 cm³/mol. The molecule has 6 atom stereocenters. The molecule has 176 valence electrons. The molecule has 0 spiro atoms. The molecule has 32 heavy (non-hydrogen) atoms. The van der Waals surface area contributed by atoms with Gasteiger partial charge in [0.1, 0.15) is 17.7 Å². The summed E-state index contributed by atoms with van der Waals surface area (Å²) in [5, 5.41) is 3.76. The van der Waals surface area contributed by atoms with Crippen LogP contribution in [0.1, 0.15) is 33.4 Å². The first-order valence-electron chi connectivity index (χ1n) is 9.91. The fourth-order valence-electron chi connectivity index (χ4n) is 3.50. The Morgan fingerprint density at radius 1 is 1.53 bits per heavy atom. The molecule has 0 radical (unpaired) electrons. The second-order valence-electron chi connectivity index (χ2n) is 7.50. The van der Waals surface area contributed by atoms with Crippen molar-refractivity contribution in [3.63, 3.8) is 0 Å². The van der Waals surface area contributed by atoms with Crippen LogP contribution in [0.25, 0.3) is 10.4 Å². The first-order chi connectivity index (χ1) is 15.1. The minimum Gasteiger partial charge on any atom is -0.466 e. The lowest BCUT2D eigenvalue weighted by atomic mass is 9.93. The van der Waals surface area contributed by atoms with E-state index < -0.39 is 54.9 Å². The molecule has 0 amide bonds. The van der Waals surface area contributed by atoms with Gasteiger partial charge in [0, 0.05) is 17.2 Å². The number of esters is 1. The van der Waals surface area contributed by atoms with Crippen LogP contribution in [-0.4, -0.2) is 53.1 Å². The summed E-state index contributed by atoms with van der Waals surface area (Å²) in [5.41, 5.74) is 6.20. The summed E-state index contributed by atoms with van der Waals surface area (Å²) in [5.74, 6) is -0.895. The Balaban J connectivity index is 1.77. The van der Waals surface area contributed by atoms with Gasteiger partial charge < -0.3 is 9.47 Å². The number of phosphoric acid groups is 1. The Kier molecular flexibility index (Phi) is 7.23. The molecule has 3 rings (SSSR count). The van der Waals surface area contributed by atoms with E-state index in [2.05, 4.69) is 15.0 Å². The van der Waals surface area contributed by atoms with Crippen molar-refractivity contribution in [2.75, 3.05) is 19.8 Å². The van der Waals surface area contributed by atoms with Crippen molar-refractivity contribution in [2.24, 2.45) is 11.0 Å². The molecule has 0 aromatic carbocycles. The summed E-state index contributed by atoms with van der Waals surface area (Å²) in [6, 6.07) is 1.11. The molecule has 1 unspecified atom stereocenters. The van der Waals surface area contributed by atoms with Gasteiger partial charge >= 0.3 is 19.5 Å². The van der Waals surface area contributed by atoms with Crippen LogP contribution >= 0.6 is 7.82 Å². The fourth-order valence-corrected chi connectivity index (χ4v) is 4.98. The van der Waals surface area contributed by atoms with Crippen LogP contribution in [0.2, 0.25) is 0 Å². The third-order valence-corrected chi connectivity index (χ3v) is 6.66. The van der Waals surface area contributed by atoms with E-state index in [1.807, 2.05) is 0 Å². The van der Waals surface area contributed by atoms with Gasteiger partial charge in [-0.3, -0.25) is 32.7 Å². The van der Waals surface area contributed by atoms with Gasteiger partial charge in [-0.2, -0.15) is 0 Å². The molecule has 0 bridgehead atoms. The number of carbonyl (C=O) groups is 1. The van der Waals surface area contributed by atoms with E-state index in [9.17, 15) is 18.9 Å². The number of carbonyl (C=O) groups excluding carboxylic acids is 1. The maximum atomic E-state index is 13.0. The second-order valence-corrected chi connectivity index (χ2v) is 9.13. The van der Waals surface area contributed by atoms with Crippen molar-refractivity contribution in [2.45, 2.75) is 51.2 Å². The summed E-state index contributed by atoms with van der Waals surface area (Å²) in [7, 11) is -4.09. The molecule has 1 aromatic rings. The molecular formula is C17H24N5O9P. The molecule has 0 saturated carbocycles. The topological polar surface area (TPSA) is 184 Å². The van der Waals surface area contributed by atoms with E-state index in [0.717, 1.165) is 10.6 Å². The van der Waals surface area contributed by atoms with Gasteiger partial charge in [-0.25, -0.2) is 9.36 Å². The number of nitrogens with zero attached hydrogens (tertiary/aromatic N) is 4. The van der Waals surface area contributed by atoms with Crippen molar-refractivity contribution >= 4 is 13.8 Å². The van der Waals surface area contributed by atoms with E-state index in [-0.39, 0.29) is 26.2 Å². The highest BCUT2D eigenvalue weighted by Crippen LogP contribution is 2.59. The maximum Gasteiger partial charge on any atom is 0.475 e. The zero-order chi connectivity index (χ0) is 23.5. The van der Waals surface area contributed by atoms with Crippen LogP contribution in [0, 0.1) is 5.92 Å². The third-order valence-electron chi connectivity index (χ3n) is 5.21. The lowest BCUT2D eigenvalue weighted by Crippen LogP contribution is -2.47. The molecule has 0 aliphatic carbocycles. The van der Waals surface area contributed by atoms with Crippen LogP contribution in [-0.2, 0) is 32.4 Å². The zero-order valence-corrected chi connectivity index (χ0v) is 18.6. The molecule has 2 saturated heterocycles. The minimum atomic E-state index is -4.09. The summed E-state index contributed by atoms with van der Waals surface area (Å²) >= 11 is 0. The average Bonchev–Trinajstić information content (AvgIpc) is 3.00. The van der Waals surface area contributed by atoms with Gasteiger partial charge in [0.05, 0.1) is 25.7 Å². The summed E-state index contributed by atoms with van der Waals surface area (Å²) in [6.07, 6.45) is -1.68. The van der Waals surface area contributed by atoms with Gasteiger partial charge in [-0.1, -0.05) is 12.0 Å². The molecule has 15 heteroatoms. The van der Waals surface area contributed by atoms with E-state index in [4.69, 9.17) is 28.6 Å². The SMILES string of the molecule is CCOC(=O)C(C)CCO[P@@]1(=O)OC[C@H]2O[C@@H](n3ccc(=O)[nH]c3=O)[C@](C)(N=[N+]=[N-])[C@@H]2O1. The van der Waals surface area contributed by atoms with Crippen LogP contribution in [0.15, 0.2) is 27.0 Å². The highest BCUT2D eigenvalue weighted by molar-refractivity contribution is 7.48. The molecule has 1 aromatic heterocycles. The quantitative estimate of drug-likeness (QED) is 0.193. The van der Waals surface area contributed by atoms with Crippen molar-refractivity contribution in [1.82, 2.24) is 9.55 Å². The Morgan fingerprint density at radius 3 is 2.94 bits per heavy atom. The number of fused-ring (bicyclic) bond motifs is 1. The predicted octanol–water partition coefficient (Wildman–Crippen LogP) is 1.63. The second kappa shape index (κ2) is 9.57. The number of nitrogens with one attached hydrogen (secondary N) is 1. The number of hydrogen-bond acceptors (Lipinski definition) is 10. The Labute approximate surface area is 182 Å². The van der Waals surface area contributed by atoms with Gasteiger partial charge in [-0.15, -0.1) is 0 Å². The van der Waals surface area contributed by atoms with E-state index in [1.165, 1.54) is 13.1 Å². The van der Waals surface area contributed by atoms with E-state index in [0.29, 0.717) is 0 Å². The standard InChI is InChI=1S/C17H24N5O9P/c1-4-27-14(24)10(2)6-8-28-32(26)29-9-11-13(31-32)17(3,20-21-18)15(30-11)22-7-5-12(23)19-16(22)25/h5,7,10-11,13,15H,4,6,8-9H2,1-3H3,(H,19,23,25)/t10?,11-,13-,15-,17-,32+/m1/s1. The number of aromatic amines is 1. The first kappa shape index (κ1) is 24.2. The Bertz CT molecular complexity index is 1070. The van der Waals surface area contributed by atoms with Crippen LogP contribution in [0.4, 0.5) is 0 Å². The number of azide groups is 1. The van der Waals surface area contributed by atoms with Gasteiger partial charge in [-0.05, 0) is 25.8 Å². The Hall–Kier alpha value is -2.47. The van der Waals surface area contributed by atoms with Crippen molar-refractivity contribution < 1.29 is 32.4 Å². The molecule has 2 aliphatic rings. The third kappa shape index (κ3) is 4.80. The zero-order valence-electron chi connectivity index (χ0n) is 17.7. The normalized spacial score (nSPS) is 32.5. The Morgan fingerprint density at radius 2 is 2.28 bits per heavy atom. The molecule has 1 N–H and O–H groups in total. The molecule has 14 nitrogen and oxygen atoms in total. The lowest BCUT2D eigenvalue weighted by Gasteiger charge is -2.35. The molecule has 2 aliphatic heterocycles. The summed E-state index contributed by atoms with van der Waals surface area (Å²) < 4.78 is 41.0. The number of rotatable bonds is 8. The summed E-state index contributed by atoms with van der Waals surface area (Å²) in [4.78, 5) is 40.3. The number of H-pyrrole nitrogens is 1. The molecule has 3 heterocycles. The number of hydrogen-bond donors (Lipinski definition) is 1. The van der Waals surface area contributed by atoms with E-state index >= 15 is 0 Å². The lowest BCUT2D eigenvalue weighted by molar-refractivity contribution is -0.147. The number of aromatic nitrogens is 2. The fraction of sp³-hybridized carbons (Fsp3) is 0.706. The highest BCUT2D eigenvalue weighted by atomic mass is 31.2. The summed E-state index contributed by atoms with van der Waals surface area (Å²) in [6.45, 7) is 4.72. The van der Waals surface area contributed by atoms with Gasteiger partial charge in [0.25, 0.3) is 5.56 Å². The number of ether oxygens (including phenoxy) is 2. The van der Waals surface area contributed by atoms with Crippen LogP contribution in [0.5, 0.6) is 0 Å². The minimum absolute atomic E-state index is 0.115. The van der Waals surface area contributed by atoms with Gasteiger partial charge in [0.2, 0.25) is 0 Å². The molecular weight excluding hydrogens is 449 g/mol. The average molecular weight is 473 g/mol. The first-order valence-corrected chi connectivity index (χ1v) is 11.4. The molecule has 2 fully saturated rings. The van der Waals surface area contributed by atoms with Crippen LogP contribution < -0.4 is 11.2 Å². The number of phosphoric ester groups is 1. The van der Waals surface area contributed by atoms with Crippen molar-refractivity contribution in [3.8, 4) is 0 Å². The smallest absolute Gasteiger partial charge is 0.466 e. The highest BCUT2D eigenvalue weighted by Gasteiger charge is 2.60. The van der Waals surface area contributed by atoms with Gasteiger partial charge in [0.15, 0.2) is 6.23 Å². The largest absolute Gasteiger partial charge is 0.475 e. The van der Waals surface area contributed by atoms with Crippen molar-refractivity contribution in [1.29, 1.82) is 0 Å². The van der Waals surface area contributed by atoms with Crippen molar-refractivity contribution in [3.05, 3.63) is 43.5 Å².